The molecule has 1 aromatic heterocycles. The van der Waals surface area contributed by atoms with E-state index in [1.165, 1.54) is 11.3 Å². The lowest BCUT2D eigenvalue weighted by molar-refractivity contribution is -0.136. The molecule has 7 heteroatoms. The molecule has 0 aromatic carbocycles. The van der Waals surface area contributed by atoms with Crippen molar-refractivity contribution in [3.8, 4) is 0 Å². The molecule has 1 fully saturated rings. The number of rotatable bonds is 7. The van der Waals surface area contributed by atoms with Crippen molar-refractivity contribution < 1.29 is 9.59 Å². The van der Waals surface area contributed by atoms with Crippen LogP contribution in [0.25, 0.3) is 0 Å². The van der Waals surface area contributed by atoms with Crippen molar-refractivity contribution in [3.05, 3.63) is 34.0 Å². The Morgan fingerprint density at radius 1 is 1.52 bits per heavy atom. The smallest absolute Gasteiger partial charge is 0.236 e. The molecule has 1 aliphatic rings. The second-order valence-corrected chi connectivity index (χ2v) is 7.55. The normalized spacial score (nSPS) is 18.2. The van der Waals surface area contributed by atoms with Gasteiger partial charge in [-0.1, -0.05) is 17.7 Å². The number of hydrogen-bond acceptors (Lipinski definition) is 4. The maximum atomic E-state index is 12.5. The van der Waals surface area contributed by atoms with Gasteiger partial charge in [0.2, 0.25) is 11.8 Å². The van der Waals surface area contributed by atoms with E-state index in [2.05, 4.69) is 6.58 Å². The van der Waals surface area contributed by atoms with E-state index < -0.39 is 0 Å². The summed E-state index contributed by atoms with van der Waals surface area (Å²) in [7, 11) is 0. The van der Waals surface area contributed by atoms with Crippen molar-refractivity contribution in [1.82, 2.24) is 9.80 Å². The Balaban J connectivity index is 1.94. The molecule has 1 unspecified atom stereocenters. The van der Waals surface area contributed by atoms with Gasteiger partial charge in [0.25, 0.3) is 0 Å². The van der Waals surface area contributed by atoms with Gasteiger partial charge >= 0.3 is 0 Å². The number of halogens is 1. The van der Waals surface area contributed by atoms with Crippen molar-refractivity contribution in [3.63, 3.8) is 0 Å². The molecular formula is C16H22ClN3O2S. The SMILES string of the molecule is C=CCN(CC(=O)N1CCCC(C(N)=O)C1)Cc1ccc(Cl)s1. The Kier molecular flexibility index (Phi) is 6.62. The van der Waals surface area contributed by atoms with Gasteiger partial charge in [-0.2, -0.15) is 0 Å². The number of hydrogen-bond donors (Lipinski definition) is 1. The molecule has 0 radical (unpaired) electrons. The van der Waals surface area contributed by atoms with Crippen LogP contribution in [0.15, 0.2) is 24.8 Å². The van der Waals surface area contributed by atoms with E-state index >= 15 is 0 Å². The van der Waals surface area contributed by atoms with Gasteiger partial charge in [0.1, 0.15) is 0 Å². The van der Waals surface area contributed by atoms with Crippen LogP contribution in [0, 0.1) is 5.92 Å². The Labute approximate surface area is 145 Å². The molecule has 0 spiro atoms. The molecule has 1 atom stereocenters. The minimum Gasteiger partial charge on any atom is -0.369 e. The number of piperidine rings is 1. The van der Waals surface area contributed by atoms with Crippen LogP contribution in [-0.2, 0) is 16.1 Å². The second-order valence-electron chi connectivity index (χ2n) is 5.75. The van der Waals surface area contributed by atoms with Crippen LogP contribution < -0.4 is 5.73 Å². The molecule has 23 heavy (non-hydrogen) atoms. The Bertz CT molecular complexity index is 575. The van der Waals surface area contributed by atoms with E-state index in [1.807, 2.05) is 17.0 Å². The first-order valence-electron chi connectivity index (χ1n) is 7.64. The number of likely N-dealkylation sites (tertiary alicyclic amines) is 1. The number of nitrogens with zero attached hydrogens (tertiary/aromatic N) is 2. The first kappa shape index (κ1) is 18.0. The summed E-state index contributed by atoms with van der Waals surface area (Å²) in [5, 5.41) is 0. The number of amides is 2. The van der Waals surface area contributed by atoms with Crippen LogP contribution in [0.1, 0.15) is 17.7 Å². The van der Waals surface area contributed by atoms with Crippen molar-refractivity contribution in [1.29, 1.82) is 0 Å². The predicted octanol–water partition coefficient (Wildman–Crippen LogP) is 2.11. The number of carbonyl (C=O) groups excluding carboxylic acids is 2. The quantitative estimate of drug-likeness (QED) is 0.762. The van der Waals surface area contributed by atoms with E-state index in [4.69, 9.17) is 17.3 Å². The van der Waals surface area contributed by atoms with Gasteiger partial charge < -0.3 is 10.6 Å². The second kappa shape index (κ2) is 8.47. The minimum atomic E-state index is -0.321. The summed E-state index contributed by atoms with van der Waals surface area (Å²) >= 11 is 7.47. The first-order chi connectivity index (χ1) is 11.0. The molecule has 5 nitrogen and oxygen atoms in total. The van der Waals surface area contributed by atoms with Gasteiger partial charge in [0.15, 0.2) is 0 Å². The van der Waals surface area contributed by atoms with Crippen LogP contribution in [0.4, 0.5) is 0 Å². The van der Waals surface area contributed by atoms with E-state index in [-0.39, 0.29) is 17.7 Å². The Morgan fingerprint density at radius 3 is 2.91 bits per heavy atom. The molecule has 1 aliphatic heterocycles. The summed E-state index contributed by atoms with van der Waals surface area (Å²) in [6.45, 7) is 6.45. The molecule has 0 aliphatic carbocycles. The highest BCUT2D eigenvalue weighted by Gasteiger charge is 2.27. The summed E-state index contributed by atoms with van der Waals surface area (Å²) in [5.74, 6) is -0.518. The maximum absolute atomic E-state index is 12.5. The maximum Gasteiger partial charge on any atom is 0.236 e. The number of nitrogens with two attached hydrogens (primary N) is 1. The lowest BCUT2D eigenvalue weighted by Crippen LogP contribution is -2.47. The molecule has 2 N–H and O–H groups in total. The van der Waals surface area contributed by atoms with Crippen molar-refractivity contribution in [2.24, 2.45) is 11.7 Å². The van der Waals surface area contributed by atoms with Gasteiger partial charge in [-0.25, -0.2) is 0 Å². The van der Waals surface area contributed by atoms with Crippen molar-refractivity contribution in [2.45, 2.75) is 19.4 Å². The number of primary amides is 1. The third-order valence-corrected chi connectivity index (χ3v) is 5.15. The fourth-order valence-electron chi connectivity index (χ4n) is 2.75. The minimum absolute atomic E-state index is 0.0282. The van der Waals surface area contributed by atoms with Crippen LogP contribution in [-0.4, -0.2) is 47.8 Å². The standard InChI is InChI=1S/C16H22ClN3O2S/c1-2-7-19(10-13-5-6-14(17)23-13)11-15(21)20-8-3-4-12(9-20)16(18)22/h2,5-6,12H,1,3-4,7-11H2,(H2,18,22). The zero-order valence-electron chi connectivity index (χ0n) is 13.0. The molecular weight excluding hydrogens is 334 g/mol. The monoisotopic (exact) mass is 355 g/mol. The van der Waals surface area contributed by atoms with E-state index in [0.717, 1.165) is 22.1 Å². The highest BCUT2D eigenvalue weighted by Crippen LogP contribution is 2.23. The summed E-state index contributed by atoms with van der Waals surface area (Å²) < 4.78 is 0.741. The van der Waals surface area contributed by atoms with Crippen LogP contribution in [0.2, 0.25) is 4.34 Å². The fourth-order valence-corrected chi connectivity index (χ4v) is 3.88. The molecule has 0 saturated carbocycles. The molecule has 2 amide bonds. The Morgan fingerprint density at radius 2 is 2.30 bits per heavy atom. The van der Waals surface area contributed by atoms with Gasteiger partial charge in [-0.05, 0) is 25.0 Å². The zero-order valence-corrected chi connectivity index (χ0v) is 14.6. The summed E-state index contributed by atoms with van der Waals surface area (Å²) in [6.07, 6.45) is 3.37. The van der Waals surface area contributed by atoms with Crippen LogP contribution >= 0.6 is 22.9 Å². The van der Waals surface area contributed by atoms with Gasteiger partial charge in [-0.15, -0.1) is 17.9 Å². The third-order valence-electron chi connectivity index (χ3n) is 3.93. The zero-order chi connectivity index (χ0) is 16.8. The lowest BCUT2D eigenvalue weighted by atomic mass is 9.97. The topological polar surface area (TPSA) is 66.6 Å². The first-order valence-corrected chi connectivity index (χ1v) is 8.83. The lowest BCUT2D eigenvalue weighted by Gasteiger charge is -2.32. The molecule has 1 saturated heterocycles. The fraction of sp³-hybridized carbons (Fsp3) is 0.500. The highest BCUT2D eigenvalue weighted by atomic mass is 35.5. The van der Waals surface area contributed by atoms with Crippen LogP contribution in [0.5, 0.6) is 0 Å². The van der Waals surface area contributed by atoms with Crippen molar-refractivity contribution in [2.75, 3.05) is 26.2 Å². The number of carbonyl (C=O) groups is 2. The molecule has 126 valence electrons. The van der Waals surface area contributed by atoms with Gasteiger partial charge in [0, 0.05) is 31.1 Å². The van der Waals surface area contributed by atoms with E-state index in [0.29, 0.717) is 32.7 Å². The van der Waals surface area contributed by atoms with E-state index in [9.17, 15) is 9.59 Å². The summed E-state index contributed by atoms with van der Waals surface area (Å²) in [5.41, 5.74) is 5.37. The summed E-state index contributed by atoms with van der Waals surface area (Å²) in [4.78, 5) is 28.7. The highest BCUT2D eigenvalue weighted by molar-refractivity contribution is 7.16. The molecule has 2 heterocycles. The third kappa shape index (κ3) is 5.34. The predicted molar refractivity (Wildman–Crippen MR) is 93.3 cm³/mol. The van der Waals surface area contributed by atoms with E-state index in [1.54, 1.807) is 11.0 Å². The van der Waals surface area contributed by atoms with Crippen LogP contribution in [0.3, 0.4) is 0 Å². The number of thiophene rings is 1. The molecule has 0 bridgehead atoms. The van der Waals surface area contributed by atoms with Gasteiger partial charge in [-0.3, -0.25) is 14.5 Å². The van der Waals surface area contributed by atoms with Gasteiger partial charge in [0.05, 0.1) is 16.8 Å². The van der Waals surface area contributed by atoms with Crippen molar-refractivity contribution >= 4 is 34.8 Å². The molecule has 1 aromatic rings. The summed E-state index contributed by atoms with van der Waals surface area (Å²) in [6, 6.07) is 3.83. The Hall–Kier alpha value is -1.37. The average molecular weight is 356 g/mol. The largest absolute Gasteiger partial charge is 0.369 e. The molecule has 2 rings (SSSR count). The average Bonchev–Trinajstić information content (AvgIpc) is 2.92.